The van der Waals surface area contributed by atoms with Crippen LogP contribution in [0.1, 0.15) is 30.0 Å². The van der Waals surface area contributed by atoms with E-state index < -0.39 is 0 Å². The zero-order valence-corrected chi connectivity index (χ0v) is 12.8. The molecule has 0 amide bonds. The summed E-state index contributed by atoms with van der Waals surface area (Å²) < 4.78 is 12.1. The molecule has 2 rings (SSSR count). The third-order valence-corrected chi connectivity index (χ3v) is 3.32. The van der Waals surface area contributed by atoms with Crippen molar-refractivity contribution in [3.63, 3.8) is 0 Å². The Kier molecular flexibility index (Phi) is 4.62. The van der Waals surface area contributed by atoms with Gasteiger partial charge < -0.3 is 14.0 Å². The Bertz CT molecular complexity index is 630. The van der Waals surface area contributed by atoms with E-state index in [1.54, 1.807) is 18.6 Å². The number of hydrogen-bond acceptors (Lipinski definition) is 4. The number of esters is 1. The van der Waals surface area contributed by atoms with E-state index in [0.29, 0.717) is 18.7 Å². The molecule has 0 bridgehead atoms. The third kappa shape index (κ3) is 2.91. The van der Waals surface area contributed by atoms with Crippen LogP contribution in [0.25, 0.3) is 11.4 Å². The molecule has 1 aromatic carbocycles. The highest BCUT2D eigenvalue weighted by atomic mass is 16.5. The molecule has 1 heterocycles. The summed E-state index contributed by atoms with van der Waals surface area (Å²) in [5, 5.41) is 0. The van der Waals surface area contributed by atoms with E-state index in [1.165, 1.54) is 0 Å². The highest BCUT2D eigenvalue weighted by molar-refractivity contribution is 5.90. The first kappa shape index (κ1) is 15.1. The maximum Gasteiger partial charge on any atom is 0.356 e. The maximum absolute atomic E-state index is 12.1. The molecule has 21 heavy (non-hydrogen) atoms. The second-order valence-corrected chi connectivity index (χ2v) is 4.59. The van der Waals surface area contributed by atoms with E-state index >= 15 is 0 Å². The van der Waals surface area contributed by atoms with Crippen LogP contribution in [0.2, 0.25) is 0 Å². The predicted octanol–water partition coefficient (Wildman–Crippen LogP) is 2.83. The molecular weight excluding hydrogens is 268 g/mol. The van der Waals surface area contributed by atoms with Crippen LogP contribution in [0, 0.1) is 0 Å². The number of imidazole rings is 1. The van der Waals surface area contributed by atoms with Crippen molar-refractivity contribution in [2.24, 2.45) is 7.05 Å². The molecule has 0 aliphatic rings. The molecule has 0 unspecified atom stereocenters. The van der Waals surface area contributed by atoms with Gasteiger partial charge in [-0.25, -0.2) is 9.78 Å². The Morgan fingerprint density at radius 3 is 2.43 bits per heavy atom. The van der Waals surface area contributed by atoms with Crippen molar-refractivity contribution in [2.75, 3.05) is 13.7 Å². The van der Waals surface area contributed by atoms with E-state index in [0.717, 1.165) is 22.8 Å². The molecule has 0 saturated heterocycles. The van der Waals surface area contributed by atoms with Crippen LogP contribution in [0.5, 0.6) is 5.75 Å². The first-order valence-corrected chi connectivity index (χ1v) is 6.99. The highest BCUT2D eigenvalue weighted by Crippen LogP contribution is 2.24. The van der Waals surface area contributed by atoms with E-state index in [1.807, 2.05) is 38.2 Å². The van der Waals surface area contributed by atoms with Gasteiger partial charge in [0.25, 0.3) is 0 Å². The summed E-state index contributed by atoms with van der Waals surface area (Å²) in [7, 11) is 3.46. The highest BCUT2D eigenvalue weighted by Gasteiger charge is 2.21. The zero-order chi connectivity index (χ0) is 15.4. The van der Waals surface area contributed by atoms with Gasteiger partial charge in [0.15, 0.2) is 5.69 Å². The molecule has 0 atom stereocenters. The fraction of sp³-hybridized carbons (Fsp3) is 0.375. The van der Waals surface area contributed by atoms with Crippen LogP contribution in [0.3, 0.4) is 0 Å². The van der Waals surface area contributed by atoms with Gasteiger partial charge in [-0.15, -0.1) is 0 Å². The second-order valence-electron chi connectivity index (χ2n) is 4.59. The van der Waals surface area contributed by atoms with Gasteiger partial charge in [0.05, 0.1) is 19.4 Å². The largest absolute Gasteiger partial charge is 0.497 e. The van der Waals surface area contributed by atoms with Gasteiger partial charge in [-0.3, -0.25) is 0 Å². The Morgan fingerprint density at radius 2 is 1.90 bits per heavy atom. The fourth-order valence-corrected chi connectivity index (χ4v) is 2.25. The molecule has 0 spiro atoms. The number of rotatable bonds is 5. The molecule has 0 aliphatic heterocycles. The molecule has 0 aliphatic carbocycles. The monoisotopic (exact) mass is 288 g/mol. The van der Waals surface area contributed by atoms with Gasteiger partial charge in [-0.05, 0) is 37.6 Å². The van der Waals surface area contributed by atoms with Crippen molar-refractivity contribution in [2.45, 2.75) is 20.3 Å². The quantitative estimate of drug-likeness (QED) is 0.794. The van der Waals surface area contributed by atoms with Crippen molar-refractivity contribution < 1.29 is 14.3 Å². The lowest BCUT2D eigenvalue weighted by molar-refractivity contribution is 0.0514. The number of aryl methyl sites for hydroxylation is 1. The molecular formula is C16H20N2O3. The molecule has 0 radical (unpaired) electrons. The smallest absolute Gasteiger partial charge is 0.356 e. The SMILES string of the molecule is CCOC(=O)c1c(CC)nc(-c2ccc(OC)cc2)n1C. The lowest BCUT2D eigenvalue weighted by Gasteiger charge is -2.07. The van der Waals surface area contributed by atoms with Gasteiger partial charge in [0.2, 0.25) is 0 Å². The Morgan fingerprint density at radius 1 is 1.24 bits per heavy atom. The standard InChI is InChI=1S/C16H20N2O3/c1-5-13-14(16(19)21-6-2)18(3)15(17-13)11-7-9-12(20-4)10-8-11/h7-10H,5-6H2,1-4H3. The number of ether oxygens (including phenoxy) is 2. The maximum atomic E-state index is 12.1. The second kappa shape index (κ2) is 6.43. The Hall–Kier alpha value is -2.30. The fourth-order valence-electron chi connectivity index (χ4n) is 2.25. The number of carbonyl (C=O) groups excluding carboxylic acids is 1. The molecule has 5 heteroatoms. The normalized spacial score (nSPS) is 10.5. The van der Waals surface area contributed by atoms with Crippen LogP contribution in [0.4, 0.5) is 0 Å². The van der Waals surface area contributed by atoms with Gasteiger partial charge in [-0.2, -0.15) is 0 Å². The number of hydrogen-bond donors (Lipinski definition) is 0. The number of carbonyl (C=O) groups is 1. The third-order valence-electron chi connectivity index (χ3n) is 3.32. The van der Waals surface area contributed by atoms with E-state index in [-0.39, 0.29) is 5.97 Å². The molecule has 0 saturated carbocycles. The molecule has 2 aromatic rings. The van der Waals surface area contributed by atoms with Crippen molar-refractivity contribution in [1.29, 1.82) is 0 Å². The lowest BCUT2D eigenvalue weighted by Crippen LogP contribution is -2.12. The summed E-state index contributed by atoms with van der Waals surface area (Å²) in [6, 6.07) is 7.60. The van der Waals surface area contributed by atoms with Crippen molar-refractivity contribution >= 4 is 5.97 Å². The minimum absolute atomic E-state index is 0.330. The number of methoxy groups -OCH3 is 1. The number of benzene rings is 1. The van der Waals surface area contributed by atoms with Crippen molar-refractivity contribution in [3.05, 3.63) is 35.7 Å². The van der Waals surface area contributed by atoms with Crippen LogP contribution in [-0.4, -0.2) is 29.2 Å². The minimum Gasteiger partial charge on any atom is -0.497 e. The van der Waals surface area contributed by atoms with E-state index in [2.05, 4.69) is 4.98 Å². The topological polar surface area (TPSA) is 53.4 Å². The first-order valence-electron chi connectivity index (χ1n) is 6.99. The van der Waals surface area contributed by atoms with Crippen molar-refractivity contribution in [3.8, 4) is 17.1 Å². The molecule has 5 nitrogen and oxygen atoms in total. The molecule has 0 fully saturated rings. The predicted molar refractivity (Wildman–Crippen MR) is 80.5 cm³/mol. The summed E-state index contributed by atoms with van der Waals surface area (Å²) in [5.74, 6) is 1.20. The van der Waals surface area contributed by atoms with Crippen molar-refractivity contribution in [1.82, 2.24) is 9.55 Å². The minimum atomic E-state index is -0.330. The van der Waals surface area contributed by atoms with Gasteiger partial charge in [0.1, 0.15) is 11.6 Å². The molecule has 1 aromatic heterocycles. The Balaban J connectivity index is 2.47. The average molecular weight is 288 g/mol. The molecule has 112 valence electrons. The van der Waals surface area contributed by atoms with Crippen LogP contribution < -0.4 is 4.74 Å². The van der Waals surface area contributed by atoms with Gasteiger partial charge >= 0.3 is 5.97 Å². The first-order chi connectivity index (χ1) is 10.1. The van der Waals surface area contributed by atoms with E-state index in [4.69, 9.17) is 9.47 Å². The summed E-state index contributed by atoms with van der Waals surface area (Å²) in [6.07, 6.45) is 0.679. The summed E-state index contributed by atoms with van der Waals surface area (Å²) in [6.45, 7) is 4.12. The Labute approximate surface area is 124 Å². The zero-order valence-electron chi connectivity index (χ0n) is 12.8. The average Bonchev–Trinajstić information content (AvgIpc) is 2.84. The van der Waals surface area contributed by atoms with Gasteiger partial charge in [-0.1, -0.05) is 6.92 Å². The van der Waals surface area contributed by atoms with Crippen LogP contribution >= 0.6 is 0 Å². The lowest BCUT2D eigenvalue weighted by atomic mass is 10.2. The van der Waals surface area contributed by atoms with Crippen LogP contribution in [0.15, 0.2) is 24.3 Å². The van der Waals surface area contributed by atoms with Crippen LogP contribution in [-0.2, 0) is 18.2 Å². The van der Waals surface area contributed by atoms with E-state index in [9.17, 15) is 4.79 Å². The number of aromatic nitrogens is 2. The molecule has 0 N–H and O–H groups in total. The number of nitrogens with zero attached hydrogens (tertiary/aromatic N) is 2. The summed E-state index contributed by atoms with van der Waals surface area (Å²) in [4.78, 5) is 16.7. The summed E-state index contributed by atoms with van der Waals surface area (Å²) in [5.41, 5.74) is 2.20. The van der Waals surface area contributed by atoms with Gasteiger partial charge in [0, 0.05) is 12.6 Å². The summed E-state index contributed by atoms with van der Waals surface area (Å²) >= 11 is 0.